The number of carbonyl (C=O) groups excluding carboxylic acids is 3. The lowest BCUT2D eigenvalue weighted by Crippen LogP contribution is -2.49. The lowest BCUT2D eigenvalue weighted by Gasteiger charge is -2.31. The van der Waals surface area contributed by atoms with Gasteiger partial charge in [0.15, 0.2) is 0 Å². The summed E-state index contributed by atoms with van der Waals surface area (Å²) in [6.45, 7) is 5.12. The molecule has 3 aromatic carbocycles. The molecule has 1 heterocycles. The second-order valence-corrected chi connectivity index (χ2v) is 9.46. The van der Waals surface area contributed by atoms with E-state index in [1.165, 1.54) is 12.1 Å². The number of anilines is 1. The molecule has 0 unspecified atom stereocenters. The molecule has 0 saturated carbocycles. The van der Waals surface area contributed by atoms with Crippen LogP contribution in [0.2, 0.25) is 0 Å². The SMILES string of the molecule is CCCCNC(=O)[C@@H](CC)N(Cc1ccc(F)cc1)C(=O)CCCN1C(=O)c2cccc3cccc1c23. The zero-order chi connectivity index (χ0) is 26.4. The van der Waals surface area contributed by atoms with Crippen molar-refractivity contribution in [3.63, 3.8) is 0 Å². The largest absolute Gasteiger partial charge is 0.354 e. The van der Waals surface area contributed by atoms with Crippen molar-refractivity contribution in [3.05, 3.63) is 77.6 Å². The minimum atomic E-state index is -0.624. The lowest BCUT2D eigenvalue weighted by atomic mass is 10.1. The molecule has 3 aromatic rings. The molecule has 0 saturated heterocycles. The molecule has 3 amide bonds. The number of hydrogen-bond donors (Lipinski definition) is 1. The molecule has 1 N–H and O–H groups in total. The van der Waals surface area contributed by atoms with Gasteiger partial charge in [-0.1, -0.05) is 56.7 Å². The van der Waals surface area contributed by atoms with Crippen molar-refractivity contribution in [1.82, 2.24) is 10.2 Å². The van der Waals surface area contributed by atoms with Crippen molar-refractivity contribution in [1.29, 1.82) is 0 Å². The number of amides is 3. The van der Waals surface area contributed by atoms with Crippen molar-refractivity contribution in [2.75, 3.05) is 18.0 Å². The van der Waals surface area contributed by atoms with Crippen molar-refractivity contribution >= 4 is 34.2 Å². The summed E-state index contributed by atoms with van der Waals surface area (Å²) >= 11 is 0. The van der Waals surface area contributed by atoms with E-state index in [1.54, 1.807) is 21.9 Å². The maximum Gasteiger partial charge on any atom is 0.258 e. The summed E-state index contributed by atoms with van der Waals surface area (Å²) in [6.07, 6.45) is 2.95. The van der Waals surface area contributed by atoms with Gasteiger partial charge in [-0.2, -0.15) is 0 Å². The first kappa shape index (κ1) is 26.3. The van der Waals surface area contributed by atoms with Gasteiger partial charge in [0.2, 0.25) is 11.8 Å². The van der Waals surface area contributed by atoms with E-state index in [9.17, 15) is 18.8 Å². The number of halogens is 1. The van der Waals surface area contributed by atoms with Crippen molar-refractivity contribution in [2.24, 2.45) is 0 Å². The molecule has 6 nitrogen and oxygen atoms in total. The topological polar surface area (TPSA) is 69.7 Å². The number of rotatable bonds is 12. The smallest absolute Gasteiger partial charge is 0.258 e. The quantitative estimate of drug-likeness (QED) is 0.335. The fourth-order valence-corrected chi connectivity index (χ4v) is 4.95. The van der Waals surface area contributed by atoms with Crippen molar-refractivity contribution in [2.45, 2.75) is 58.5 Å². The first-order chi connectivity index (χ1) is 17.9. The Morgan fingerprint density at radius 2 is 1.73 bits per heavy atom. The van der Waals surface area contributed by atoms with E-state index in [0.29, 0.717) is 31.5 Å². The number of unbranched alkanes of at least 4 members (excludes halogenated alkanes) is 1. The van der Waals surface area contributed by atoms with Gasteiger partial charge in [0.1, 0.15) is 11.9 Å². The van der Waals surface area contributed by atoms with Gasteiger partial charge in [-0.25, -0.2) is 4.39 Å². The highest BCUT2D eigenvalue weighted by Gasteiger charge is 2.31. The van der Waals surface area contributed by atoms with E-state index >= 15 is 0 Å². The van der Waals surface area contributed by atoms with Gasteiger partial charge in [0.25, 0.3) is 5.91 Å². The third kappa shape index (κ3) is 5.82. The molecule has 0 spiro atoms. The molecule has 194 valence electrons. The van der Waals surface area contributed by atoms with Crippen molar-refractivity contribution in [3.8, 4) is 0 Å². The molecule has 0 aromatic heterocycles. The van der Waals surface area contributed by atoms with Crippen molar-refractivity contribution < 1.29 is 18.8 Å². The Kier molecular flexibility index (Phi) is 8.54. The number of nitrogens with zero attached hydrogens (tertiary/aromatic N) is 2. The molecular weight excluding hydrogens is 469 g/mol. The Morgan fingerprint density at radius 3 is 2.43 bits per heavy atom. The van der Waals surface area contributed by atoms with Crippen LogP contribution in [-0.2, 0) is 16.1 Å². The predicted octanol–water partition coefficient (Wildman–Crippen LogP) is 5.44. The van der Waals surface area contributed by atoms with Crippen LogP contribution >= 0.6 is 0 Å². The lowest BCUT2D eigenvalue weighted by molar-refractivity contribution is -0.141. The number of hydrogen-bond acceptors (Lipinski definition) is 3. The fraction of sp³-hybridized carbons (Fsp3) is 0.367. The van der Waals surface area contributed by atoms with Gasteiger partial charge < -0.3 is 15.1 Å². The predicted molar refractivity (Wildman–Crippen MR) is 144 cm³/mol. The van der Waals surface area contributed by atoms with E-state index in [0.717, 1.165) is 34.9 Å². The van der Waals surface area contributed by atoms with Crippen LogP contribution in [-0.4, -0.2) is 41.8 Å². The molecule has 1 atom stereocenters. The summed E-state index contributed by atoms with van der Waals surface area (Å²) in [5.74, 6) is -0.742. The van der Waals surface area contributed by atoms with Crippen LogP contribution in [0.25, 0.3) is 10.8 Å². The van der Waals surface area contributed by atoms with Gasteiger partial charge in [-0.05, 0) is 54.5 Å². The van der Waals surface area contributed by atoms with Crippen LogP contribution in [0.1, 0.15) is 61.9 Å². The number of benzene rings is 3. The Balaban J connectivity index is 1.46. The Bertz CT molecular complexity index is 1270. The minimum Gasteiger partial charge on any atom is -0.354 e. The summed E-state index contributed by atoms with van der Waals surface area (Å²) in [6, 6.07) is 17.0. The van der Waals surface area contributed by atoms with Crippen LogP contribution < -0.4 is 10.2 Å². The highest BCUT2D eigenvalue weighted by molar-refractivity contribution is 6.25. The van der Waals surface area contributed by atoms with E-state index in [1.807, 2.05) is 43.3 Å². The van der Waals surface area contributed by atoms with Gasteiger partial charge in [-0.3, -0.25) is 14.4 Å². The highest BCUT2D eigenvalue weighted by atomic mass is 19.1. The molecule has 37 heavy (non-hydrogen) atoms. The molecule has 0 radical (unpaired) electrons. The number of nitrogens with one attached hydrogen (secondary N) is 1. The molecule has 7 heteroatoms. The van der Waals surface area contributed by atoms with Crippen LogP contribution in [0.15, 0.2) is 60.7 Å². The fourth-order valence-electron chi connectivity index (χ4n) is 4.95. The van der Waals surface area contributed by atoms with Crippen LogP contribution in [0, 0.1) is 5.82 Å². The summed E-state index contributed by atoms with van der Waals surface area (Å²) in [7, 11) is 0. The van der Waals surface area contributed by atoms with Crippen LogP contribution in [0.4, 0.5) is 10.1 Å². The Labute approximate surface area is 217 Å². The Hall–Kier alpha value is -3.74. The molecule has 0 bridgehead atoms. The number of carbonyl (C=O) groups is 3. The van der Waals surface area contributed by atoms with Crippen LogP contribution in [0.5, 0.6) is 0 Å². The highest BCUT2D eigenvalue weighted by Crippen LogP contribution is 2.37. The first-order valence-electron chi connectivity index (χ1n) is 13.1. The van der Waals surface area contributed by atoms with Crippen LogP contribution in [0.3, 0.4) is 0 Å². The monoisotopic (exact) mass is 503 g/mol. The molecule has 0 aliphatic carbocycles. The summed E-state index contributed by atoms with van der Waals surface area (Å²) in [5, 5.41) is 4.92. The summed E-state index contributed by atoms with van der Waals surface area (Å²) < 4.78 is 13.5. The zero-order valence-corrected chi connectivity index (χ0v) is 21.5. The summed E-state index contributed by atoms with van der Waals surface area (Å²) in [4.78, 5) is 42.9. The van der Waals surface area contributed by atoms with E-state index in [-0.39, 0.29) is 36.5 Å². The van der Waals surface area contributed by atoms with Gasteiger partial charge in [0, 0.05) is 37.0 Å². The second-order valence-electron chi connectivity index (χ2n) is 9.46. The standard InChI is InChI=1S/C30H34FN3O3/c1-3-5-18-32-29(36)25(4-2)34(20-21-14-16-23(31)17-15-21)27(35)13-8-19-33-26-12-7-10-22-9-6-11-24(28(22)26)30(33)37/h6-7,9-12,14-17,25H,3-5,8,13,18-20H2,1-2H3,(H,32,36)/t25-/m1/s1. The van der Waals surface area contributed by atoms with E-state index in [2.05, 4.69) is 12.2 Å². The molecule has 0 fully saturated rings. The second kappa shape index (κ2) is 12.0. The Morgan fingerprint density at radius 1 is 1.00 bits per heavy atom. The summed E-state index contributed by atoms with van der Waals surface area (Å²) in [5.41, 5.74) is 2.31. The third-order valence-corrected chi connectivity index (χ3v) is 6.90. The maximum absolute atomic E-state index is 13.5. The molecule has 1 aliphatic heterocycles. The maximum atomic E-state index is 13.5. The first-order valence-corrected chi connectivity index (χ1v) is 13.1. The molecular formula is C30H34FN3O3. The molecule has 4 rings (SSSR count). The average molecular weight is 504 g/mol. The normalized spacial score (nSPS) is 13.2. The average Bonchev–Trinajstić information content (AvgIpc) is 3.18. The third-order valence-electron chi connectivity index (χ3n) is 6.90. The minimum absolute atomic E-state index is 0.0517. The molecule has 1 aliphatic rings. The van der Waals surface area contributed by atoms with E-state index in [4.69, 9.17) is 0 Å². The van der Waals surface area contributed by atoms with Gasteiger partial charge in [0.05, 0.1) is 5.69 Å². The van der Waals surface area contributed by atoms with Gasteiger partial charge in [-0.15, -0.1) is 0 Å². The zero-order valence-electron chi connectivity index (χ0n) is 21.5. The van der Waals surface area contributed by atoms with E-state index < -0.39 is 6.04 Å². The van der Waals surface area contributed by atoms with Gasteiger partial charge >= 0.3 is 0 Å².